The van der Waals surface area contributed by atoms with Gasteiger partial charge < -0.3 is 10.1 Å². The van der Waals surface area contributed by atoms with Gasteiger partial charge in [-0.25, -0.2) is 0 Å². The molecule has 0 fully saturated rings. The van der Waals surface area contributed by atoms with Crippen LogP contribution in [0.25, 0.3) is 0 Å². The number of carbonyl (C=O) groups excluding carboxylic acids is 1. The van der Waals surface area contributed by atoms with Crippen LogP contribution < -0.4 is 10.1 Å². The lowest BCUT2D eigenvalue weighted by Crippen LogP contribution is -2.12. The number of halogens is 2. The molecule has 2 aromatic heterocycles. The van der Waals surface area contributed by atoms with Gasteiger partial charge in [0.1, 0.15) is 5.75 Å². The van der Waals surface area contributed by atoms with E-state index in [-0.39, 0.29) is 11.3 Å². The first-order valence-corrected chi connectivity index (χ1v) is 7.93. The average molecular weight is 361 g/mol. The van der Waals surface area contributed by atoms with Crippen LogP contribution in [0.15, 0.2) is 49.1 Å². The van der Waals surface area contributed by atoms with Crippen molar-refractivity contribution in [3.63, 3.8) is 0 Å². The number of ether oxygens (including phenoxy) is 1. The SMILES string of the molecule is CCn1cc(Cn2cc(NC(=O)c3cccc(OC(F)F)c3)cn2)cn1. The molecule has 0 saturated carbocycles. The van der Waals surface area contributed by atoms with E-state index in [1.54, 1.807) is 17.1 Å². The molecular weight excluding hydrogens is 344 g/mol. The van der Waals surface area contributed by atoms with Gasteiger partial charge in [-0.2, -0.15) is 19.0 Å². The highest BCUT2D eigenvalue weighted by molar-refractivity contribution is 6.04. The minimum absolute atomic E-state index is 0.0729. The summed E-state index contributed by atoms with van der Waals surface area (Å²) in [4.78, 5) is 12.3. The summed E-state index contributed by atoms with van der Waals surface area (Å²) in [5.74, 6) is -0.514. The summed E-state index contributed by atoms with van der Waals surface area (Å²) in [7, 11) is 0. The van der Waals surface area contributed by atoms with Crippen molar-refractivity contribution in [2.24, 2.45) is 0 Å². The van der Waals surface area contributed by atoms with E-state index in [4.69, 9.17) is 0 Å². The molecule has 1 amide bonds. The molecule has 3 aromatic rings. The zero-order valence-corrected chi connectivity index (χ0v) is 14.0. The molecule has 7 nitrogen and oxygen atoms in total. The Balaban J connectivity index is 1.64. The molecule has 1 N–H and O–H groups in total. The molecule has 0 bridgehead atoms. The number of amides is 1. The Bertz CT molecular complexity index is 891. The Kier molecular flexibility index (Phi) is 5.26. The number of nitrogens with one attached hydrogen (secondary N) is 1. The minimum Gasteiger partial charge on any atom is -0.435 e. The normalized spacial score (nSPS) is 10.9. The molecule has 0 aliphatic heterocycles. The maximum Gasteiger partial charge on any atom is 0.387 e. The van der Waals surface area contributed by atoms with E-state index in [0.717, 1.165) is 12.1 Å². The van der Waals surface area contributed by atoms with Crippen molar-refractivity contribution in [1.29, 1.82) is 0 Å². The number of hydrogen-bond donors (Lipinski definition) is 1. The smallest absolute Gasteiger partial charge is 0.387 e. The molecule has 1 aromatic carbocycles. The summed E-state index contributed by atoms with van der Waals surface area (Å²) >= 11 is 0. The molecule has 0 spiro atoms. The van der Waals surface area contributed by atoms with Gasteiger partial charge in [0, 0.05) is 30.1 Å². The molecule has 0 aliphatic carbocycles. The van der Waals surface area contributed by atoms with E-state index in [9.17, 15) is 13.6 Å². The number of aryl methyl sites for hydroxylation is 1. The highest BCUT2D eigenvalue weighted by atomic mass is 19.3. The second-order valence-electron chi connectivity index (χ2n) is 5.49. The molecular formula is C17H17F2N5O2. The minimum atomic E-state index is -2.94. The van der Waals surface area contributed by atoms with E-state index in [1.165, 1.54) is 30.5 Å². The van der Waals surface area contributed by atoms with E-state index < -0.39 is 12.5 Å². The predicted molar refractivity (Wildman–Crippen MR) is 90.3 cm³/mol. The zero-order valence-electron chi connectivity index (χ0n) is 14.0. The molecule has 0 unspecified atom stereocenters. The maximum atomic E-state index is 12.3. The Morgan fingerprint density at radius 3 is 2.77 bits per heavy atom. The number of aromatic nitrogens is 4. The van der Waals surface area contributed by atoms with Crippen LogP contribution >= 0.6 is 0 Å². The number of nitrogens with zero attached hydrogens (tertiary/aromatic N) is 4. The van der Waals surface area contributed by atoms with E-state index in [0.29, 0.717) is 12.2 Å². The van der Waals surface area contributed by atoms with Crippen molar-refractivity contribution in [2.75, 3.05) is 5.32 Å². The number of rotatable bonds is 7. The Hall–Kier alpha value is -3.23. The first kappa shape index (κ1) is 17.6. The van der Waals surface area contributed by atoms with Crippen LogP contribution in [-0.4, -0.2) is 32.1 Å². The number of anilines is 1. The second-order valence-corrected chi connectivity index (χ2v) is 5.49. The van der Waals surface area contributed by atoms with Crippen LogP contribution in [0.5, 0.6) is 5.75 Å². The lowest BCUT2D eigenvalue weighted by atomic mass is 10.2. The van der Waals surface area contributed by atoms with Crippen LogP contribution in [0.2, 0.25) is 0 Å². The van der Waals surface area contributed by atoms with Gasteiger partial charge in [-0.3, -0.25) is 14.2 Å². The monoisotopic (exact) mass is 361 g/mol. The van der Waals surface area contributed by atoms with E-state index in [2.05, 4.69) is 20.3 Å². The van der Waals surface area contributed by atoms with Crippen molar-refractivity contribution < 1.29 is 18.3 Å². The fourth-order valence-corrected chi connectivity index (χ4v) is 2.38. The largest absolute Gasteiger partial charge is 0.435 e. The topological polar surface area (TPSA) is 74.0 Å². The van der Waals surface area contributed by atoms with E-state index in [1.807, 2.05) is 17.8 Å². The summed E-state index contributed by atoms with van der Waals surface area (Å²) in [6.45, 7) is 0.366. The standard InChI is InChI=1S/C17H17F2N5O2/c1-2-23-9-12(7-20-23)10-24-11-14(8-21-24)22-16(25)13-4-3-5-15(6-13)26-17(18)19/h3-9,11,17H,2,10H2,1H3,(H,22,25). The third-order valence-corrected chi connectivity index (χ3v) is 3.57. The fourth-order valence-electron chi connectivity index (χ4n) is 2.38. The third-order valence-electron chi connectivity index (χ3n) is 3.57. The summed E-state index contributed by atoms with van der Waals surface area (Å²) in [5.41, 5.74) is 1.70. The first-order chi connectivity index (χ1) is 12.5. The van der Waals surface area contributed by atoms with Crippen molar-refractivity contribution in [2.45, 2.75) is 26.6 Å². The lowest BCUT2D eigenvalue weighted by molar-refractivity contribution is -0.0498. The first-order valence-electron chi connectivity index (χ1n) is 7.93. The van der Waals surface area contributed by atoms with Gasteiger partial charge >= 0.3 is 6.61 Å². The van der Waals surface area contributed by atoms with Crippen LogP contribution in [0.1, 0.15) is 22.8 Å². The van der Waals surface area contributed by atoms with Gasteiger partial charge in [0.2, 0.25) is 0 Å². The second kappa shape index (κ2) is 7.77. The van der Waals surface area contributed by atoms with Crippen LogP contribution in [0.3, 0.4) is 0 Å². The molecule has 0 atom stereocenters. The van der Waals surface area contributed by atoms with Crippen molar-refractivity contribution in [1.82, 2.24) is 19.6 Å². The number of benzene rings is 1. The van der Waals surface area contributed by atoms with Crippen molar-refractivity contribution >= 4 is 11.6 Å². The molecule has 26 heavy (non-hydrogen) atoms. The summed E-state index contributed by atoms with van der Waals surface area (Å²) in [5, 5.41) is 11.1. The molecule has 0 radical (unpaired) electrons. The lowest BCUT2D eigenvalue weighted by Gasteiger charge is -2.06. The summed E-state index contributed by atoms with van der Waals surface area (Å²) < 4.78 is 32.3. The molecule has 2 heterocycles. The Morgan fingerprint density at radius 2 is 2.04 bits per heavy atom. The summed E-state index contributed by atoms with van der Waals surface area (Å²) in [6, 6.07) is 5.60. The number of alkyl halides is 2. The van der Waals surface area contributed by atoms with Crippen LogP contribution in [0.4, 0.5) is 14.5 Å². The molecule has 9 heteroatoms. The van der Waals surface area contributed by atoms with Crippen LogP contribution in [-0.2, 0) is 13.1 Å². The Morgan fingerprint density at radius 1 is 1.23 bits per heavy atom. The third kappa shape index (κ3) is 4.44. The maximum absolute atomic E-state index is 12.3. The van der Waals surface area contributed by atoms with Crippen molar-refractivity contribution in [3.8, 4) is 5.75 Å². The van der Waals surface area contributed by atoms with Gasteiger partial charge in [-0.15, -0.1) is 0 Å². The Labute approximate surface area is 148 Å². The number of carbonyl (C=O) groups is 1. The summed E-state index contributed by atoms with van der Waals surface area (Å²) in [6.07, 6.45) is 6.88. The van der Waals surface area contributed by atoms with Crippen LogP contribution in [0, 0.1) is 0 Å². The quantitative estimate of drug-likeness (QED) is 0.702. The molecule has 0 saturated heterocycles. The highest BCUT2D eigenvalue weighted by Gasteiger charge is 2.11. The average Bonchev–Trinajstić information content (AvgIpc) is 3.24. The fraction of sp³-hybridized carbons (Fsp3) is 0.235. The molecule has 0 aliphatic rings. The highest BCUT2D eigenvalue weighted by Crippen LogP contribution is 2.17. The van der Waals surface area contributed by atoms with Gasteiger partial charge in [0.25, 0.3) is 5.91 Å². The number of hydrogen-bond acceptors (Lipinski definition) is 4. The van der Waals surface area contributed by atoms with Gasteiger partial charge in [-0.1, -0.05) is 6.07 Å². The molecule has 3 rings (SSSR count). The van der Waals surface area contributed by atoms with E-state index >= 15 is 0 Å². The molecule has 136 valence electrons. The van der Waals surface area contributed by atoms with Crippen molar-refractivity contribution in [3.05, 3.63) is 60.2 Å². The van der Waals surface area contributed by atoms with Gasteiger partial charge in [0.15, 0.2) is 0 Å². The predicted octanol–water partition coefficient (Wildman–Crippen LogP) is 3.00. The van der Waals surface area contributed by atoms with Gasteiger partial charge in [0.05, 0.1) is 24.6 Å². The van der Waals surface area contributed by atoms with Gasteiger partial charge in [-0.05, 0) is 25.1 Å². The zero-order chi connectivity index (χ0) is 18.5.